The zero-order chi connectivity index (χ0) is 26.3. The van der Waals surface area contributed by atoms with E-state index in [0.29, 0.717) is 33.7 Å². The van der Waals surface area contributed by atoms with Crippen LogP contribution >= 0.6 is 23.2 Å². The number of hydrogen-bond acceptors (Lipinski definition) is 5. The van der Waals surface area contributed by atoms with Gasteiger partial charge in [0.1, 0.15) is 18.3 Å². The fourth-order valence-corrected chi connectivity index (χ4v) is 4.70. The van der Waals surface area contributed by atoms with Crippen LogP contribution in [-0.4, -0.2) is 56.6 Å². The molecule has 11 heteroatoms. The summed E-state index contributed by atoms with van der Waals surface area (Å²) in [6, 6.07) is 10.2. The normalized spacial score (nSPS) is 12.2. The molecular formula is C24H31Cl2N3O5S. The maximum atomic E-state index is 13.5. The Morgan fingerprint density at radius 1 is 1.03 bits per heavy atom. The maximum absolute atomic E-state index is 13.5. The quantitative estimate of drug-likeness (QED) is 0.460. The molecule has 0 fully saturated rings. The molecule has 35 heavy (non-hydrogen) atoms. The average Bonchev–Trinajstić information content (AvgIpc) is 2.76. The van der Waals surface area contributed by atoms with E-state index in [1.165, 1.54) is 4.90 Å². The van der Waals surface area contributed by atoms with Gasteiger partial charge in [-0.2, -0.15) is 0 Å². The van der Waals surface area contributed by atoms with Gasteiger partial charge in [0.05, 0.1) is 18.6 Å². The third-order valence-electron chi connectivity index (χ3n) is 5.10. The van der Waals surface area contributed by atoms with E-state index < -0.39 is 28.5 Å². The highest BCUT2D eigenvalue weighted by Crippen LogP contribution is 2.27. The van der Waals surface area contributed by atoms with Crippen LogP contribution in [0.15, 0.2) is 42.5 Å². The molecule has 0 heterocycles. The topological polar surface area (TPSA) is 96.0 Å². The zero-order valence-corrected chi connectivity index (χ0v) is 22.7. The molecule has 2 aromatic rings. The summed E-state index contributed by atoms with van der Waals surface area (Å²) in [5.41, 5.74) is 0.750. The van der Waals surface area contributed by atoms with Crippen molar-refractivity contribution in [3.63, 3.8) is 0 Å². The molecule has 2 amide bonds. The Morgan fingerprint density at radius 2 is 1.60 bits per heavy atom. The monoisotopic (exact) mass is 543 g/mol. The maximum Gasteiger partial charge on any atom is 0.244 e. The summed E-state index contributed by atoms with van der Waals surface area (Å²) < 4.78 is 31.6. The van der Waals surface area contributed by atoms with Crippen molar-refractivity contribution in [2.24, 2.45) is 0 Å². The molecule has 1 N–H and O–H groups in total. The van der Waals surface area contributed by atoms with Crippen molar-refractivity contribution in [3.05, 3.63) is 58.1 Å². The lowest BCUT2D eigenvalue weighted by Gasteiger charge is -2.32. The van der Waals surface area contributed by atoms with E-state index in [1.807, 2.05) is 6.92 Å². The van der Waals surface area contributed by atoms with Gasteiger partial charge in [0.2, 0.25) is 21.8 Å². The number of carbonyl (C=O) groups excluding carboxylic acids is 2. The molecule has 0 radical (unpaired) electrons. The summed E-state index contributed by atoms with van der Waals surface area (Å²) in [5, 5.41) is 3.45. The van der Waals surface area contributed by atoms with E-state index in [1.54, 1.807) is 63.2 Å². The van der Waals surface area contributed by atoms with Gasteiger partial charge in [-0.3, -0.25) is 13.9 Å². The first kappa shape index (κ1) is 28.7. The molecule has 2 aromatic carbocycles. The smallest absolute Gasteiger partial charge is 0.244 e. The van der Waals surface area contributed by atoms with Crippen molar-refractivity contribution in [1.29, 1.82) is 0 Å². The van der Waals surface area contributed by atoms with Crippen LogP contribution in [0, 0.1) is 0 Å². The molecular weight excluding hydrogens is 513 g/mol. The highest BCUT2D eigenvalue weighted by atomic mass is 35.5. The first-order valence-corrected chi connectivity index (χ1v) is 13.7. The second-order valence-electron chi connectivity index (χ2n) is 8.26. The van der Waals surface area contributed by atoms with E-state index in [0.717, 1.165) is 10.6 Å². The molecule has 8 nitrogen and oxygen atoms in total. The van der Waals surface area contributed by atoms with Gasteiger partial charge in [-0.05, 0) is 64.1 Å². The van der Waals surface area contributed by atoms with Gasteiger partial charge in [0, 0.05) is 28.2 Å². The molecule has 2 rings (SSSR count). The van der Waals surface area contributed by atoms with Crippen molar-refractivity contribution >= 4 is 50.7 Å². The zero-order valence-electron chi connectivity index (χ0n) is 20.4. The van der Waals surface area contributed by atoms with Gasteiger partial charge in [0.15, 0.2) is 0 Å². The number of rotatable bonds is 11. The molecule has 0 aliphatic carbocycles. The molecule has 0 spiro atoms. The van der Waals surface area contributed by atoms with E-state index >= 15 is 0 Å². The molecule has 0 bridgehead atoms. The van der Waals surface area contributed by atoms with Gasteiger partial charge < -0.3 is 15.0 Å². The van der Waals surface area contributed by atoms with Crippen molar-refractivity contribution in [2.45, 2.75) is 46.3 Å². The third kappa shape index (κ3) is 8.02. The van der Waals surface area contributed by atoms with Crippen molar-refractivity contribution in [2.75, 3.05) is 23.7 Å². The number of halogens is 2. The van der Waals surface area contributed by atoms with E-state index in [2.05, 4.69) is 5.32 Å². The molecule has 0 saturated carbocycles. The lowest BCUT2D eigenvalue weighted by Crippen LogP contribution is -2.52. The Kier molecular flexibility index (Phi) is 10.2. The van der Waals surface area contributed by atoms with Crippen LogP contribution in [0.4, 0.5) is 5.69 Å². The lowest BCUT2D eigenvalue weighted by atomic mass is 10.1. The van der Waals surface area contributed by atoms with Crippen LogP contribution in [-0.2, 0) is 26.2 Å². The molecule has 0 aromatic heterocycles. The number of hydrogen-bond donors (Lipinski definition) is 1. The Morgan fingerprint density at radius 3 is 2.09 bits per heavy atom. The highest BCUT2D eigenvalue weighted by molar-refractivity contribution is 7.92. The molecule has 0 aliphatic rings. The Balaban J connectivity index is 2.42. The highest BCUT2D eigenvalue weighted by Gasteiger charge is 2.31. The Labute approximate surface area is 217 Å². The number of nitrogens with zero attached hydrogens (tertiary/aromatic N) is 2. The first-order chi connectivity index (χ1) is 16.3. The van der Waals surface area contributed by atoms with E-state index in [9.17, 15) is 18.0 Å². The van der Waals surface area contributed by atoms with E-state index in [4.69, 9.17) is 27.9 Å². The predicted octanol–water partition coefficient (Wildman–Crippen LogP) is 4.10. The van der Waals surface area contributed by atoms with E-state index in [-0.39, 0.29) is 18.5 Å². The van der Waals surface area contributed by atoms with Crippen molar-refractivity contribution in [1.82, 2.24) is 10.2 Å². The second kappa shape index (κ2) is 12.5. The summed E-state index contributed by atoms with van der Waals surface area (Å²) in [6.07, 6.45) is 1.01. The number of anilines is 1. The largest absolute Gasteiger partial charge is 0.494 e. The van der Waals surface area contributed by atoms with Crippen LogP contribution in [0.25, 0.3) is 0 Å². The molecule has 1 atom stereocenters. The summed E-state index contributed by atoms with van der Waals surface area (Å²) >= 11 is 12.6. The Hall–Kier alpha value is -2.49. The second-order valence-corrected chi connectivity index (χ2v) is 11.0. The lowest BCUT2D eigenvalue weighted by molar-refractivity contribution is -0.139. The fraction of sp³-hybridized carbons (Fsp3) is 0.417. The average molecular weight is 545 g/mol. The van der Waals surface area contributed by atoms with Crippen molar-refractivity contribution < 1.29 is 22.7 Å². The summed E-state index contributed by atoms with van der Waals surface area (Å²) in [5.74, 6) is -0.403. The number of sulfonamides is 1. The number of nitrogens with one attached hydrogen (secondary N) is 1. The van der Waals surface area contributed by atoms with Crippen LogP contribution in [0.2, 0.25) is 10.0 Å². The Bertz CT molecular complexity index is 1120. The van der Waals surface area contributed by atoms with Crippen LogP contribution in [0.5, 0.6) is 5.75 Å². The minimum absolute atomic E-state index is 0.0785. The summed E-state index contributed by atoms with van der Waals surface area (Å²) in [4.78, 5) is 27.6. The minimum atomic E-state index is -3.83. The standard InChI is InChI=1S/C24H31Cl2N3O5S/c1-6-34-19-12-10-18(11-13-19)29(35(5,32)33)15-23(30)28(17(4)24(31)27-16(2)3)14-20-21(25)8-7-9-22(20)26/h7-13,16-17H,6,14-15H2,1-5H3,(H,27,31)/t17-/m0/s1. The SMILES string of the molecule is CCOc1ccc(N(CC(=O)N(Cc2c(Cl)cccc2Cl)[C@@H](C)C(=O)NC(C)C)S(C)(=O)=O)cc1. The van der Waals surface area contributed by atoms with Gasteiger partial charge in [0.25, 0.3) is 0 Å². The van der Waals surface area contributed by atoms with Gasteiger partial charge in [-0.25, -0.2) is 8.42 Å². The van der Waals surface area contributed by atoms with Crippen LogP contribution in [0.1, 0.15) is 33.3 Å². The molecule has 0 unspecified atom stereocenters. The summed E-state index contributed by atoms with van der Waals surface area (Å²) in [6.45, 7) is 6.88. The minimum Gasteiger partial charge on any atom is -0.494 e. The molecule has 192 valence electrons. The fourth-order valence-electron chi connectivity index (χ4n) is 3.33. The van der Waals surface area contributed by atoms with Crippen LogP contribution in [0.3, 0.4) is 0 Å². The van der Waals surface area contributed by atoms with Crippen molar-refractivity contribution in [3.8, 4) is 5.75 Å². The number of benzene rings is 2. The first-order valence-electron chi connectivity index (χ1n) is 11.1. The third-order valence-corrected chi connectivity index (χ3v) is 6.95. The number of carbonyl (C=O) groups is 2. The number of ether oxygens (including phenoxy) is 1. The number of amides is 2. The van der Waals surface area contributed by atoms with Crippen LogP contribution < -0.4 is 14.4 Å². The van der Waals surface area contributed by atoms with Gasteiger partial charge in [-0.15, -0.1) is 0 Å². The predicted molar refractivity (Wildman–Crippen MR) is 140 cm³/mol. The summed E-state index contributed by atoms with van der Waals surface area (Å²) in [7, 11) is -3.83. The van der Waals surface area contributed by atoms with Gasteiger partial charge in [-0.1, -0.05) is 29.3 Å². The molecule has 0 saturated heterocycles. The molecule has 0 aliphatic heterocycles. The van der Waals surface area contributed by atoms with Gasteiger partial charge >= 0.3 is 0 Å².